The van der Waals surface area contributed by atoms with E-state index in [1.54, 1.807) is 0 Å². The van der Waals surface area contributed by atoms with E-state index >= 15 is 0 Å². The minimum absolute atomic E-state index is 0.0783. The highest BCUT2D eigenvalue weighted by Crippen LogP contribution is 2.21. The molecule has 2 N–H and O–H groups in total. The van der Waals surface area contributed by atoms with E-state index in [4.69, 9.17) is 4.74 Å². The Morgan fingerprint density at radius 3 is 2.90 bits per heavy atom. The number of carbonyl (C=O) groups excluding carboxylic acids is 1. The number of amides is 1. The number of morpholine rings is 1. The van der Waals surface area contributed by atoms with Gasteiger partial charge < -0.3 is 15.4 Å². The highest BCUT2D eigenvalue weighted by atomic mass is 79.9. The van der Waals surface area contributed by atoms with E-state index in [9.17, 15) is 4.79 Å². The molecule has 0 spiro atoms. The van der Waals surface area contributed by atoms with Gasteiger partial charge in [0.2, 0.25) is 5.91 Å². The lowest BCUT2D eigenvalue weighted by molar-refractivity contribution is -0.122. The maximum absolute atomic E-state index is 11.9. The van der Waals surface area contributed by atoms with Crippen LogP contribution in [0.2, 0.25) is 0 Å². The topological polar surface area (TPSA) is 50.4 Å². The van der Waals surface area contributed by atoms with E-state index in [1.165, 1.54) is 5.56 Å². The van der Waals surface area contributed by atoms with Gasteiger partial charge in [-0.15, -0.1) is 0 Å². The molecule has 1 saturated heterocycles. The van der Waals surface area contributed by atoms with Crippen molar-refractivity contribution in [3.63, 3.8) is 0 Å². The second-order valence-electron chi connectivity index (χ2n) is 5.16. The van der Waals surface area contributed by atoms with Crippen LogP contribution < -0.4 is 10.6 Å². The molecule has 1 aromatic carbocycles. The minimum Gasteiger partial charge on any atom is -0.374 e. The Morgan fingerprint density at radius 1 is 1.50 bits per heavy atom. The fourth-order valence-corrected chi connectivity index (χ4v) is 2.50. The maximum Gasteiger partial charge on any atom is 0.220 e. The summed E-state index contributed by atoms with van der Waals surface area (Å²) in [5, 5.41) is 6.20. The highest BCUT2D eigenvalue weighted by molar-refractivity contribution is 9.10. The first-order valence-electron chi connectivity index (χ1n) is 6.99. The van der Waals surface area contributed by atoms with Crippen LogP contribution in [0.1, 0.15) is 24.8 Å². The van der Waals surface area contributed by atoms with Gasteiger partial charge in [-0.25, -0.2) is 0 Å². The Labute approximate surface area is 128 Å². The third kappa shape index (κ3) is 4.89. The molecule has 1 heterocycles. The molecule has 2 rings (SSSR count). The SMILES string of the molecule is CC(CC(=O)NCC1CNCCO1)c1ccc(Br)cc1. The Morgan fingerprint density at radius 2 is 2.25 bits per heavy atom. The van der Waals surface area contributed by atoms with Crippen LogP contribution in [0, 0.1) is 0 Å². The average Bonchev–Trinajstić information content (AvgIpc) is 2.47. The van der Waals surface area contributed by atoms with E-state index in [2.05, 4.69) is 45.6 Å². The molecule has 2 atom stereocenters. The van der Waals surface area contributed by atoms with Crippen molar-refractivity contribution in [1.82, 2.24) is 10.6 Å². The quantitative estimate of drug-likeness (QED) is 0.862. The molecular weight excluding hydrogens is 320 g/mol. The molecule has 1 aliphatic rings. The summed E-state index contributed by atoms with van der Waals surface area (Å²) in [5.74, 6) is 0.295. The molecular formula is C15H21BrN2O2. The van der Waals surface area contributed by atoms with E-state index in [0.29, 0.717) is 13.0 Å². The standard InChI is InChI=1S/C15H21BrN2O2/c1-11(12-2-4-13(16)5-3-12)8-15(19)18-10-14-9-17-6-7-20-14/h2-5,11,14,17H,6-10H2,1H3,(H,18,19). The fourth-order valence-electron chi connectivity index (χ4n) is 2.24. The molecule has 0 aliphatic carbocycles. The lowest BCUT2D eigenvalue weighted by atomic mass is 9.97. The number of nitrogens with one attached hydrogen (secondary N) is 2. The van der Waals surface area contributed by atoms with Crippen LogP contribution in [0.5, 0.6) is 0 Å². The first-order valence-corrected chi connectivity index (χ1v) is 7.79. The molecule has 0 saturated carbocycles. The fraction of sp³-hybridized carbons (Fsp3) is 0.533. The van der Waals surface area contributed by atoms with Crippen molar-refractivity contribution in [2.45, 2.75) is 25.4 Å². The van der Waals surface area contributed by atoms with Gasteiger partial charge in [-0.05, 0) is 23.6 Å². The predicted octanol–water partition coefficient (Wildman–Crippen LogP) is 2.05. The molecule has 0 radical (unpaired) electrons. The molecule has 0 aromatic heterocycles. The number of hydrogen-bond donors (Lipinski definition) is 2. The number of rotatable bonds is 5. The van der Waals surface area contributed by atoms with Crippen molar-refractivity contribution in [3.05, 3.63) is 34.3 Å². The van der Waals surface area contributed by atoms with Crippen LogP contribution >= 0.6 is 15.9 Å². The molecule has 1 aliphatic heterocycles. The largest absolute Gasteiger partial charge is 0.374 e. The molecule has 2 unspecified atom stereocenters. The molecule has 110 valence electrons. The first kappa shape index (κ1) is 15.5. The van der Waals surface area contributed by atoms with Crippen LogP contribution in [-0.2, 0) is 9.53 Å². The molecule has 4 nitrogen and oxygen atoms in total. The zero-order valence-electron chi connectivity index (χ0n) is 11.7. The number of halogens is 1. The van der Waals surface area contributed by atoms with E-state index in [0.717, 1.165) is 24.2 Å². The Hall–Kier alpha value is -0.910. The molecule has 5 heteroatoms. The molecule has 1 aromatic rings. The van der Waals surface area contributed by atoms with Gasteiger partial charge in [0.15, 0.2) is 0 Å². The average molecular weight is 341 g/mol. The zero-order valence-corrected chi connectivity index (χ0v) is 13.3. The molecule has 0 bridgehead atoms. The number of carbonyl (C=O) groups is 1. The van der Waals surface area contributed by atoms with Gasteiger partial charge in [-0.1, -0.05) is 35.0 Å². The van der Waals surface area contributed by atoms with Crippen LogP contribution in [0.15, 0.2) is 28.7 Å². The van der Waals surface area contributed by atoms with Gasteiger partial charge in [0, 0.05) is 30.5 Å². The Kier molecular flexibility index (Phi) is 6.01. The van der Waals surface area contributed by atoms with Gasteiger partial charge >= 0.3 is 0 Å². The normalized spacial score (nSPS) is 20.4. The third-order valence-electron chi connectivity index (χ3n) is 3.46. The zero-order chi connectivity index (χ0) is 14.4. The van der Waals surface area contributed by atoms with Gasteiger partial charge in [0.05, 0.1) is 12.7 Å². The van der Waals surface area contributed by atoms with Crippen molar-refractivity contribution in [2.75, 3.05) is 26.2 Å². The van der Waals surface area contributed by atoms with E-state index in [-0.39, 0.29) is 17.9 Å². The predicted molar refractivity (Wildman–Crippen MR) is 82.8 cm³/mol. The summed E-state index contributed by atoms with van der Waals surface area (Å²) in [6.45, 7) is 5.07. The minimum atomic E-state index is 0.0783. The number of benzene rings is 1. The second-order valence-corrected chi connectivity index (χ2v) is 6.07. The van der Waals surface area contributed by atoms with Gasteiger partial charge in [0.25, 0.3) is 0 Å². The van der Waals surface area contributed by atoms with E-state index in [1.807, 2.05) is 12.1 Å². The van der Waals surface area contributed by atoms with Crippen LogP contribution in [0.25, 0.3) is 0 Å². The lowest BCUT2D eigenvalue weighted by Gasteiger charge is -2.24. The van der Waals surface area contributed by atoms with Crippen LogP contribution in [0.4, 0.5) is 0 Å². The van der Waals surface area contributed by atoms with Crippen LogP contribution in [0.3, 0.4) is 0 Å². The van der Waals surface area contributed by atoms with Gasteiger partial charge in [0.1, 0.15) is 0 Å². The monoisotopic (exact) mass is 340 g/mol. The Balaban J connectivity index is 1.74. The van der Waals surface area contributed by atoms with Crippen molar-refractivity contribution in [2.24, 2.45) is 0 Å². The first-order chi connectivity index (χ1) is 9.65. The number of ether oxygens (including phenoxy) is 1. The molecule has 20 heavy (non-hydrogen) atoms. The summed E-state index contributed by atoms with van der Waals surface area (Å²) in [4.78, 5) is 11.9. The summed E-state index contributed by atoms with van der Waals surface area (Å²) in [5.41, 5.74) is 1.18. The number of hydrogen-bond acceptors (Lipinski definition) is 3. The van der Waals surface area contributed by atoms with Crippen molar-refractivity contribution < 1.29 is 9.53 Å². The summed E-state index contributed by atoms with van der Waals surface area (Å²) in [6.07, 6.45) is 0.595. The summed E-state index contributed by atoms with van der Waals surface area (Å²) >= 11 is 3.42. The summed E-state index contributed by atoms with van der Waals surface area (Å²) in [7, 11) is 0. The second kappa shape index (κ2) is 7.76. The highest BCUT2D eigenvalue weighted by Gasteiger charge is 2.16. The van der Waals surface area contributed by atoms with Crippen molar-refractivity contribution in [3.8, 4) is 0 Å². The van der Waals surface area contributed by atoms with Crippen molar-refractivity contribution in [1.29, 1.82) is 0 Å². The van der Waals surface area contributed by atoms with Crippen molar-refractivity contribution >= 4 is 21.8 Å². The maximum atomic E-state index is 11.9. The van der Waals surface area contributed by atoms with Crippen LogP contribution in [-0.4, -0.2) is 38.3 Å². The lowest BCUT2D eigenvalue weighted by Crippen LogP contribution is -2.45. The smallest absolute Gasteiger partial charge is 0.220 e. The molecule has 1 fully saturated rings. The van der Waals surface area contributed by atoms with Gasteiger partial charge in [-0.2, -0.15) is 0 Å². The molecule has 1 amide bonds. The van der Waals surface area contributed by atoms with E-state index < -0.39 is 0 Å². The summed E-state index contributed by atoms with van der Waals surface area (Å²) in [6, 6.07) is 8.11. The Bertz CT molecular complexity index is 430. The van der Waals surface area contributed by atoms with Gasteiger partial charge in [-0.3, -0.25) is 4.79 Å². The summed E-state index contributed by atoms with van der Waals surface area (Å²) < 4.78 is 6.60. The third-order valence-corrected chi connectivity index (χ3v) is 3.99.